The van der Waals surface area contributed by atoms with Crippen LogP contribution in [0.4, 0.5) is 0 Å². The Kier molecular flexibility index (Phi) is 3.86. The summed E-state index contributed by atoms with van der Waals surface area (Å²) in [5, 5.41) is 21.8. The molecule has 4 atom stereocenters. The van der Waals surface area contributed by atoms with Crippen LogP contribution in [0.5, 0.6) is 0 Å². The van der Waals surface area contributed by atoms with Crippen molar-refractivity contribution >= 4 is 5.91 Å². The van der Waals surface area contributed by atoms with E-state index in [9.17, 15) is 15.0 Å². The van der Waals surface area contributed by atoms with Crippen molar-refractivity contribution < 1.29 is 19.7 Å². The Morgan fingerprint density at radius 2 is 2.14 bits per heavy atom. The fraction of sp³-hybridized carbons (Fsp3) is 0.889. The summed E-state index contributed by atoms with van der Waals surface area (Å²) in [7, 11) is 1.55. The van der Waals surface area contributed by atoms with E-state index in [2.05, 4.69) is 5.32 Å². The zero-order valence-corrected chi connectivity index (χ0v) is 8.43. The Hall–Kier alpha value is -0.650. The van der Waals surface area contributed by atoms with Crippen molar-refractivity contribution in [2.45, 2.75) is 31.6 Å². The number of aliphatic hydroxyl groups is 2. The highest BCUT2D eigenvalue weighted by molar-refractivity contribution is 5.73. The van der Waals surface area contributed by atoms with E-state index in [4.69, 9.17) is 4.74 Å². The molecule has 0 aromatic heterocycles. The second-order valence-corrected chi connectivity index (χ2v) is 3.74. The molecule has 0 heterocycles. The van der Waals surface area contributed by atoms with Crippen LogP contribution in [0, 0.1) is 5.92 Å². The third-order valence-electron chi connectivity index (χ3n) is 2.57. The molecule has 0 spiro atoms. The van der Waals surface area contributed by atoms with Gasteiger partial charge in [-0.05, 0) is 6.42 Å². The summed E-state index contributed by atoms with van der Waals surface area (Å²) in [5.74, 6) is -0.300. The number of ether oxygens (including phenoxy) is 1. The highest BCUT2D eigenvalue weighted by atomic mass is 16.5. The van der Waals surface area contributed by atoms with E-state index in [-0.39, 0.29) is 17.9 Å². The zero-order chi connectivity index (χ0) is 10.7. The SMILES string of the molecule is COC[C@H]1C[C@@H](NC(C)=O)[C@H](O)[C@@H]1O. The van der Waals surface area contributed by atoms with E-state index in [0.717, 1.165) is 0 Å². The number of hydrogen-bond donors (Lipinski definition) is 3. The van der Waals surface area contributed by atoms with Crippen molar-refractivity contribution in [1.29, 1.82) is 0 Å². The molecule has 5 heteroatoms. The van der Waals surface area contributed by atoms with Crippen molar-refractivity contribution in [3.8, 4) is 0 Å². The molecular formula is C9H17NO4. The first kappa shape index (κ1) is 11.4. The molecule has 1 aliphatic carbocycles. The van der Waals surface area contributed by atoms with Gasteiger partial charge in [0, 0.05) is 20.0 Å². The minimum absolute atomic E-state index is 0.105. The smallest absolute Gasteiger partial charge is 0.217 e. The van der Waals surface area contributed by atoms with E-state index in [1.807, 2.05) is 0 Å². The molecule has 5 nitrogen and oxygen atoms in total. The van der Waals surface area contributed by atoms with Crippen molar-refractivity contribution in [2.24, 2.45) is 5.92 Å². The number of rotatable bonds is 3. The monoisotopic (exact) mass is 203 g/mol. The molecule has 0 aliphatic heterocycles. The Bertz CT molecular complexity index is 209. The van der Waals surface area contributed by atoms with Gasteiger partial charge in [0.2, 0.25) is 5.91 Å². The van der Waals surface area contributed by atoms with Crippen LogP contribution < -0.4 is 5.32 Å². The summed E-state index contributed by atoms with van der Waals surface area (Å²) in [5.41, 5.74) is 0. The summed E-state index contributed by atoms with van der Waals surface area (Å²) in [6.45, 7) is 1.79. The Morgan fingerprint density at radius 1 is 1.50 bits per heavy atom. The maximum absolute atomic E-state index is 10.8. The average molecular weight is 203 g/mol. The number of methoxy groups -OCH3 is 1. The van der Waals surface area contributed by atoms with Crippen molar-refractivity contribution in [2.75, 3.05) is 13.7 Å². The number of hydrogen-bond acceptors (Lipinski definition) is 4. The molecule has 0 saturated heterocycles. The summed E-state index contributed by atoms with van der Waals surface area (Å²) in [6, 6.07) is -0.359. The maximum Gasteiger partial charge on any atom is 0.217 e. The topological polar surface area (TPSA) is 78.8 Å². The van der Waals surface area contributed by atoms with E-state index < -0.39 is 12.2 Å². The summed E-state index contributed by atoms with van der Waals surface area (Å²) < 4.78 is 4.91. The number of carbonyl (C=O) groups is 1. The van der Waals surface area contributed by atoms with E-state index in [1.165, 1.54) is 6.92 Å². The van der Waals surface area contributed by atoms with Crippen LogP contribution in [0.1, 0.15) is 13.3 Å². The normalized spacial score (nSPS) is 37.1. The molecule has 0 aromatic carbocycles. The Balaban J connectivity index is 2.52. The molecule has 1 amide bonds. The molecule has 1 fully saturated rings. The van der Waals surface area contributed by atoms with E-state index in [0.29, 0.717) is 13.0 Å². The van der Waals surface area contributed by atoms with Gasteiger partial charge in [0.05, 0.1) is 18.8 Å². The lowest BCUT2D eigenvalue weighted by Crippen LogP contribution is -2.42. The molecule has 82 valence electrons. The number of carbonyl (C=O) groups excluding carboxylic acids is 1. The molecule has 3 N–H and O–H groups in total. The number of aliphatic hydroxyl groups excluding tert-OH is 2. The highest BCUT2D eigenvalue weighted by Gasteiger charge is 2.41. The molecule has 0 aromatic rings. The zero-order valence-electron chi connectivity index (χ0n) is 8.43. The Morgan fingerprint density at radius 3 is 2.64 bits per heavy atom. The minimum Gasteiger partial charge on any atom is -0.390 e. The molecule has 1 saturated carbocycles. The van der Waals surface area contributed by atoms with Crippen molar-refractivity contribution in [1.82, 2.24) is 5.32 Å². The van der Waals surface area contributed by atoms with Gasteiger partial charge in [0.1, 0.15) is 6.10 Å². The molecule has 14 heavy (non-hydrogen) atoms. The molecule has 0 unspecified atom stereocenters. The quantitative estimate of drug-likeness (QED) is 0.543. The minimum atomic E-state index is -0.890. The van der Waals surface area contributed by atoms with Crippen LogP contribution >= 0.6 is 0 Å². The van der Waals surface area contributed by atoms with Crippen LogP contribution in [-0.4, -0.2) is 48.1 Å². The molecular weight excluding hydrogens is 186 g/mol. The summed E-state index contributed by atoms with van der Waals surface area (Å²) >= 11 is 0. The van der Waals surface area contributed by atoms with Gasteiger partial charge in [-0.25, -0.2) is 0 Å². The second-order valence-electron chi connectivity index (χ2n) is 3.74. The standard InChI is InChI=1S/C9H17NO4/c1-5(11)10-7-3-6(4-14-2)8(12)9(7)13/h6-9,12-13H,3-4H2,1-2H3,(H,10,11)/t6-,7-,8-,9+/m1/s1. The Labute approximate surface area is 83.1 Å². The summed E-state index contributed by atoms with van der Waals surface area (Å²) in [4.78, 5) is 10.8. The van der Waals surface area contributed by atoms with Gasteiger partial charge in [-0.3, -0.25) is 4.79 Å². The van der Waals surface area contributed by atoms with Crippen LogP contribution in [0.3, 0.4) is 0 Å². The lowest BCUT2D eigenvalue weighted by atomic mass is 10.1. The van der Waals surface area contributed by atoms with Gasteiger partial charge >= 0.3 is 0 Å². The molecule has 0 bridgehead atoms. The average Bonchev–Trinajstić information content (AvgIpc) is 2.34. The molecule has 0 radical (unpaired) electrons. The van der Waals surface area contributed by atoms with Crippen molar-refractivity contribution in [3.63, 3.8) is 0 Å². The highest BCUT2D eigenvalue weighted by Crippen LogP contribution is 2.26. The van der Waals surface area contributed by atoms with Gasteiger partial charge in [-0.1, -0.05) is 0 Å². The predicted octanol–water partition coefficient (Wildman–Crippen LogP) is -1.12. The van der Waals surface area contributed by atoms with Gasteiger partial charge in [-0.15, -0.1) is 0 Å². The lowest BCUT2D eigenvalue weighted by molar-refractivity contribution is -0.120. The maximum atomic E-state index is 10.8. The van der Waals surface area contributed by atoms with Gasteiger partial charge < -0.3 is 20.3 Å². The third-order valence-corrected chi connectivity index (χ3v) is 2.57. The van der Waals surface area contributed by atoms with Crippen LogP contribution in [0.2, 0.25) is 0 Å². The van der Waals surface area contributed by atoms with Crippen LogP contribution in [-0.2, 0) is 9.53 Å². The predicted molar refractivity (Wildman–Crippen MR) is 49.6 cm³/mol. The fourth-order valence-corrected chi connectivity index (χ4v) is 1.91. The first-order valence-corrected chi connectivity index (χ1v) is 4.68. The van der Waals surface area contributed by atoms with Gasteiger partial charge in [-0.2, -0.15) is 0 Å². The second kappa shape index (κ2) is 4.72. The molecule has 1 aliphatic rings. The molecule has 1 rings (SSSR count). The number of amides is 1. The van der Waals surface area contributed by atoms with Crippen LogP contribution in [0.15, 0.2) is 0 Å². The number of nitrogens with one attached hydrogen (secondary N) is 1. The van der Waals surface area contributed by atoms with Gasteiger partial charge in [0.15, 0.2) is 0 Å². The largest absolute Gasteiger partial charge is 0.390 e. The van der Waals surface area contributed by atoms with E-state index in [1.54, 1.807) is 7.11 Å². The lowest BCUT2D eigenvalue weighted by Gasteiger charge is -2.17. The fourth-order valence-electron chi connectivity index (χ4n) is 1.91. The van der Waals surface area contributed by atoms with Gasteiger partial charge in [0.25, 0.3) is 0 Å². The first-order chi connectivity index (χ1) is 6.56. The first-order valence-electron chi connectivity index (χ1n) is 4.68. The van der Waals surface area contributed by atoms with E-state index >= 15 is 0 Å². The van der Waals surface area contributed by atoms with Crippen molar-refractivity contribution in [3.05, 3.63) is 0 Å². The summed E-state index contributed by atoms with van der Waals surface area (Å²) in [6.07, 6.45) is -1.15. The third kappa shape index (κ3) is 2.43. The van der Waals surface area contributed by atoms with Crippen LogP contribution in [0.25, 0.3) is 0 Å².